The number of carbonyl (C=O) groups is 1. The predicted octanol–water partition coefficient (Wildman–Crippen LogP) is 2.53. The summed E-state index contributed by atoms with van der Waals surface area (Å²) in [5.74, 6) is 0.515. The monoisotopic (exact) mass is 301 g/mol. The molecular weight excluding hydrogens is 290 g/mol. The van der Waals surface area contributed by atoms with Crippen molar-refractivity contribution in [2.75, 3.05) is 11.1 Å². The summed E-state index contributed by atoms with van der Waals surface area (Å²) in [7, 11) is 0. The van der Waals surface area contributed by atoms with Crippen molar-refractivity contribution in [2.45, 2.75) is 6.92 Å². The Morgan fingerprint density at radius 3 is 2.86 bits per heavy atom. The smallest absolute Gasteiger partial charge is 0.255 e. The number of nitrogen functional groups attached to an aromatic ring is 1. The summed E-state index contributed by atoms with van der Waals surface area (Å²) < 4.78 is 1.80. The number of anilines is 2. The molecule has 0 radical (unpaired) electrons. The van der Waals surface area contributed by atoms with Gasteiger partial charge in [0.15, 0.2) is 5.65 Å². The maximum Gasteiger partial charge on any atom is 0.255 e. The molecule has 6 nitrogen and oxygen atoms in total. The standard InChI is InChI=1S/C14H12ClN5O/c1-8-18-19-13-6-9(4-5-20(8)13)14(21)17-10-2-3-12(16)11(15)7-10/h2-7H,16H2,1H3,(H,17,21). The van der Waals surface area contributed by atoms with Crippen LogP contribution in [0.25, 0.3) is 5.65 Å². The van der Waals surface area contributed by atoms with Crippen LogP contribution < -0.4 is 11.1 Å². The Balaban J connectivity index is 1.87. The fourth-order valence-corrected chi connectivity index (χ4v) is 2.14. The second-order valence-corrected chi connectivity index (χ2v) is 4.99. The molecule has 3 aromatic rings. The first-order valence-corrected chi connectivity index (χ1v) is 6.60. The Morgan fingerprint density at radius 1 is 1.29 bits per heavy atom. The summed E-state index contributed by atoms with van der Waals surface area (Å²) in [5.41, 5.74) is 7.79. The number of rotatable bonds is 2. The number of pyridine rings is 1. The average molecular weight is 302 g/mol. The highest BCUT2D eigenvalue weighted by Gasteiger charge is 2.09. The number of carbonyl (C=O) groups excluding carboxylic acids is 1. The van der Waals surface area contributed by atoms with Crippen LogP contribution in [0.2, 0.25) is 5.02 Å². The van der Waals surface area contributed by atoms with Crippen molar-refractivity contribution < 1.29 is 4.79 Å². The van der Waals surface area contributed by atoms with Gasteiger partial charge in [0.1, 0.15) is 5.82 Å². The van der Waals surface area contributed by atoms with Crippen molar-refractivity contribution in [1.82, 2.24) is 14.6 Å². The lowest BCUT2D eigenvalue weighted by molar-refractivity contribution is 0.102. The third kappa shape index (κ3) is 2.53. The lowest BCUT2D eigenvalue weighted by Crippen LogP contribution is -2.12. The Hall–Kier alpha value is -2.60. The molecule has 0 atom stereocenters. The molecule has 1 aromatic carbocycles. The van der Waals surface area contributed by atoms with Gasteiger partial charge in [-0.05, 0) is 37.3 Å². The summed E-state index contributed by atoms with van der Waals surface area (Å²) >= 11 is 5.93. The number of hydrogen-bond donors (Lipinski definition) is 2. The zero-order valence-electron chi connectivity index (χ0n) is 11.2. The second kappa shape index (κ2) is 5.06. The molecule has 3 rings (SSSR count). The lowest BCUT2D eigenvalue weighted by atomic mass is 10.2. The van der Waals surface area contributed by atoms with Gasteiger partial charge in [-0.25, -0.2) is 0 Å². The fraction of sp³-hybridized carbons (Fsp3) is 0.0714. The highest BCUT2D eigenvalue weighted by molar-refractivity contribution is 6.33. The average Bonchev–Trinajstić information content (AvgIpc) is 2.84. The van der Waals surface area contributed by atoms with Gasteiger partial charge in [0.25, 0.3) is 5.91 Å². The van der Waals surface area contributed by atoms with Crippen molar-refractivity contribution in [3.63, 3.8) is 0 Å². The topological polar surface area (TPSA) is 85.3 Å². The summed E-state index contributed by atoms with van der Waals surface area (Å²) in [4.78, 5) is 12.2. The first kappa shape index (κ1) is 13.4. The van der Waals surface area contributed by atoms with E-state index >= 15 is 0 Å². The number of benzene rings is 1. The molecule has 2 heterocycles. The van der Waals surface area contributed by atoms with Gasteiger partial charge in [0.05, 0.1) is 10.7 Å². The highest BCUT2D eigenvalue weighted by atomic mass is 35.5. The third-order valence-electron chi connectivity index (χ3n) is 3.10. The SMILES string of the molecule is Cc1nnc2cc(C(=O)Nc3ccc(N)c(Cl)c3)ccn12. The zero-order chi connectivity index (χ0) is 15.0. The Morgan fingerprint density at radius 2 is 2.10 bits per heavy atom. The van der Waals surface area contributed by atoms with Crippen molar-refractivity contribution in [2.24, 2.45) is 0 Å². The van der Waals surface area contributed by atoms with Gasteiger partial charge in [0, 0.05) is 17.4 Å². The van der Waals surface area contributed by atoms with Crippen molar-refractivity contribution in [3.8, 4) is 0 Å². The largest absolute Gasteiger partial charge is 0.398 e. The summed E-state index contributed by atoms with van der Waals surface area (Å²) in [6.07, 6.45) is 1.76. The zero-order valence-corrected chi connectivity index (χ0v) is 11.9. The molecule has 0 bridgehead atoms. The number of aryl methyl sites for hydroxylation is 1. The maximum atomic E-state index is 12.2. The maximum absolute atomic E-state index is 12.2. The molecule has 0 aliphatic rings. The summed E-state index contributed by atoms with van der Waals surface area (Å²) in [5, 5.41) is 11.1. The van der Waals surface area contributed by atoms with Gasteiger partial charge in [-0.2, -0.15) is 0 Å². The number of fused-ring (bicyclic) bond motifs is 1. The molecule has 0 aliphatic heterocycles. The molecule has 1 amide bonds. The molecule has 0 fully saturated rings. The van der Waals surface area contributed by atoms with Crippen LogP contribution in [0, 0.1) is 6.92 Å². The van der Waals surface area contributed by atoms with E-state index in [1.165, 1.54) is 0 Å². The predicted molar refractivity (Wildman–Crippen MR) is 81.5 cm³/mol. The van der Waals surface area contributed by atoms with Gasteiger partial charge >= 0.3 is 0 Å². The Labute approximate surface area is 125 Å². The second-order valence-electron chi connectivity index (χ2n) is 4.58. The number of amides is 1. The quantitative estimate of drug-likeness (QED) is 0.712. The number of aromatic nitrogens is 3. The van der Waals surface area contributed by atoms with Crippen molar-refractivity contribution >= 4 is 34.5 Å². The summed E-state index contributed by atoms with van der Waals surface area (Å²) in [6.45, 7) is 1.84. The minimum Gasteiger partial charge on any atom is -0.398 e. The van der Waals surface area contributed by atoms with Gasteiger partial charge in [-0.3, -0.25) is 9.20 Å². The fourth-order valence-electron chi connectivity index (χ4n) is 1.96. The van der Waals surface area contributed by atoms with Gasteiger partial charge in [0.2, 0.25) is 0 Å². The first-order chi connectivity index (χ1) is 10.0. The van der Waals surface area contributed by atoms with E-state index in [4.69, 9.17) is 17.3 Å². The number of nitrogens with one attached hydrogen (secondary N) is 1. The molecule has 0 spiro atoms. The number of hydrogen-bond acceptors (Lipinski definition) is 4. The minimum absolute atomic E-state index is 0.251. The van der Waals surface area contributed by atoms with Crippen LogP contribution in [0.4, 0.5) is 11.4 Å². The van der Waals surface area contributed by atoms with E-state index in [2.05, 4.69) is 15.5 Å². The van der Waals surface area contributed by atoms with E-state index in [9.17, 15) is 4.79 Å². The minimum atomic E-state index is -0.251. The van der Waals surface area contributed by atoms with Crippen molar-refractivity contribution in [1.29, 1.82) is 0 Å². The molecule has 7 heteroatoms. The van der Waals surface area contributed by atoms with Crippen LogP contribution in [0.5, 0.6) is 0 Å². The number of halogens is 1. The van der Waals surface area contributed by atoms with E-state index in [1.807, 2.05) is 6.92 Å². The molecule has 106 valence electrons. The molecule has 21 heavy (non-hydrogen) atoms. The molecule has 0 aliphatic carbocycles. The van der Waals surface area contributed by atoms with E-state index in [-0.39, 0.29) is 5.91 Å². The first-order valence-electron chi connectivity index (χ1n) is 6.22. The van der Waals surface area contributed by atoms with E-state index < -0.39 is 0 Å². The Kier molecular flexibility index (Phi) is 3.23. The highest BCUT2D eigenvalue weighted by Crippen LogP contribution is 2.23. The van der Waals surface area contributed by atoms with Gasteiger partial charge in [-0.15, -0.1) is 10.2 Å². The molecule has 0 saturated heterocycles. The van der Waals surface area contributed by atoms with Crippen LogP contribution >= 0.6 is 11.6 Å². The molecule has 2 aromatic heterocycles. The Bertz CT molecular complexity index is 842. The van der Waals surface area contributed by atoms with Crippen LogP contribution in [-0.2, 0) is 0 Å². The lowest BCUT2D eigenvalue weighted by Gasteiger charge is -2.07. The van der Waals surface area contributed by atoms with Crippen LogP contribution in [0.15, 0.2) is 36.5 Å². The molecule has 0 unspecified atom stereocenters. The van der Waals surface area contributed by atoms with Gasteiger partial charge < -0.3 is 11.1 Å². The third-order valence-corrected chi connectivity index (χ3v) is 3.43. The summed E-state index contributed by atoms with van der Waals surface area (Å²) in [6, 6.07) is 8.32. The number of nitrogens with two attached hydrogens (primary N) is 1. The van der Waals surface area contributed by atoms with Crippen LogP contribution in [0.1, 0.15) is 16.2 Å². The van der Waals surface area contributed by atoms with Crippen molar-refractivity contribution in [3.05, 3.63) is 52.9 Å². The number of nitrogens with zero attached hydrogens (tertiary/aromatic N) is 3. The molecule has 0 saturated carbocycles. The van der Waals surface area contributed by atoms with Crippen LogP contribution in [-0.4, -0.2) is 20.5 Å². The van der Waals surface area contributed by atoms with Crippen LogP contribution in [0.3, 0.4) is 0 Å². The van der Waals surface area contributed by atoms with E-state index in [0.717, 1.165) is 5.82 Å². The normalized spacial score (nSPS) is 10.8. The van der Waals surface area contributed by atoms with E-state index in [0.29, 0.717) is 27.6 Å². The molecule has 3 N–H and O–H groups in total. The van der Waals surface area contributed by atoms with Gasteiger partial charge in [-0.1, -0.05) is 11.6 Å². The van der Waals surface area contributed by atoms with E-state index in [1.54, 1.807) is 40.9 Å². The molecular formula is C14H12ClN5O.